The summed E-state index contributed by atoms with van der Waals surface area (Å²) in [6, 6.07) is 0. The summed E-state index contributed by atoms with van der Waals surface area (Å²) in [6.07, 6.45) is 4.07. The van der Waals surface area contributed by atoms with Crippen molar-refractivity contribution in [1.82, 2.24) is 10.3 Å². The van der Waals surface area contributed by atoms with Crippen LogP contribution in [0.2, 0.25) is 0 Å². The van der Waals surface area contributed by atoms with Crippen LogP contribution in [0.15, 0.2) is 5.38 Å². The maximum absolute atomic E-state index is 11.2. The van der Waals surface area contributed by atoms with Crippen molar-refractivity contribution < 1.29 is 9.90 Å². The first-order valence-electron chi connectivity index (χ1n) is 6.51. The van der Waals surface area contributed by atoms with Gasteiger partial charge < -0.3 is 10.4 Å². The van der Waals surface area contributed by atoms with Gasteiger partial charge >= 0.3 is 5.97 Å². The van der Waals surface area contributed by atoms with Crippen molar-refractivity contribution in [2.75, 3.05) is 6.54 Å². The van der Waals surface area contributed by atoms with Crippen molar-refractivity contribution in [3.05, 3.63) is 16.1 Å². The molecular weight excluding hydrogens is 248 g/mol. The summed E-state index contributed by atoms with van der Waals surface area (Å²) in [5.41, 5.74) is 1.05. The van der Waals surface area contributed by atoms with Crippen LogP contribution in [-0.2, 0) is 11.3 Å². The SMILES string of the molecule is Cc1csc(CNCC2CCCCC2C(=O)O)n1. The Morgan fingerprint density at radius 1 is 1.56 bits per heavy atom. The lowest BCUT2D eigenvalue weighted by molar-refractivity contribution is -0.144. The summed E-state index contributed by atoms with van der Waals surface area (Å²) in [4.78, 5) is 15.6. The molecule has 1 aromatic heterocycles. The Kier molecular flexibility index (Phi) is 4.72. The number of nitrogens with one attached hydrogen (secondary N) is 1. The lowest BCUT2D eigenvalue weighted by atomic mass is 9.79. The number of carbonyl (C=O) groups is 1. The lowest BCUT2D eigenvalue weighted by Gasteiger charge is -2.28. The third kappa shape index (κ3) is 3.53. The molecule has 0 saturated heterocycles. The summed E-state index contributed by atoms with van der Waals surface area (Å²) in [7, 11) is 0. The molecule has 2 rings (SSSR count). The first-order valence-corrected chi connectivity index (χ1v) is 7.39. The van der Waals surface area contributed by atoms with Crippen LogP contribution in [0.25, 0.3) is 0 Å². The van der Waals surface area contributed by atoms with Crippen molar-refractivity contribution in [3.63, 3.8) is 0 Å². The average Bonchev–Trinajstić information content (AvgIpc) is 2.75. The van der Waals surface area contributed by atoms with Gasteiger partial charge in [-0.15, -0.1) is 11.3 Å². The molecule has 1 saturated carbocycles. The fourth-order valence-corrected chi connectivity index (χ4v) is 3.37. The van der Waals surface area contributed by atoms with Gasteiger partial charge in [0.15, 0.2) is 0 Å². The Morgan fingerprint density at radius 3 is 3.00 bits per heavy atom. The second kappa shape index (κ2) is 6.29. The van der Waals surface area contributed by atoms with Gasteiger partial charge in [-0.05, 0) is 32.2 Å². The molecule has 2 atom stereocenters. The molecule has 0 bridgehead atoms. The van der Waals surface area contributed by atoms with E-state index >= 15 is 0 Å². The third-order valence-corrected chi connectivity index (χ3v) is 4.54. The number of rotatable bonds is 5. The van der Waals surface area contributed by atoms with Crippen LogP contribution >= 0.6 is 11.3 Å². The number of hydrogen-bond donors (Lipinski definition) is 2. The van der Waals surface area contributed by atoms with E-state index in [2.05, 4.69) is 10.3 Å². The zero-order chi connectivity index (χ0) is 13.0. The number of aliphatic carboxylic acids is 1. The van der Waals surface area contributed by atoms with Crippen LogP contribution < -0.4 is 5.32 Å². The molecule has 100 valence electrons. The van der Waals surface area contributed by atoms with Crippen LogP contribution in [0, 0.1) is 18.8 Å². The number of aryl methyl sites for hydroxylation is 1. The van der Waals surface area contributed by atoms with Gasteiger partial charge in [0.2, 0.25) is 0 Å². The molecule has 0 aliphatic heterocycles. The molecule has 0 spiro atoms. The normalized spacial score (nSPS) is 24.1. The number of carboxylic acid groups (broad SMARTS) is 1. The minimum Gasteiger partial charge on any atom is -0.481 e. The van der Waals surface area contributed by atoms with E-state index < -0.39 is 5.97 Å². The molecule has 2 N–H and O–H groups in total. The maximum Gasteiger partial charge on any atom is 0.306 e. The van der Waals surface area contributed by atoms with Crippen molar-refractivity contribution in [3.8, 4) is 0 Å². The Labute approximate surface area is 111 Å². The van der Waals surface area contributed by atoms with Crippen molar-refractivity contribution in [2.24, 2.45) is 11.8 Å². The molecule has 1 aliphatic rings. The summed E-state index contributed by atoms with van der Waals surface area (Å²) in [6.45, 7) is 3.53. The van der Waals surface area contributed by atoms with Gasteiger partial charge in [-0.3, -0.25) is 4.79 Å². The summed E-state index contributed by atoms with van der Waals surface area (Å²) >= 11 is 1.65. The first-order chi connectivity index (χ1) is 8.66. The molecule has 1 heterocycles. The highest BCUT2D eigenvalue weighted by molar-refractivity contribution is 7.09. The van der Waals surface area contributed by atoms with Gasteiger partial charge in [-0.25, -0.2) is 4.98 Å². The highest BCUT2D eigenvalue weighted by Crippen LogP contribution is 2.29. The molecule has 0 amide bonds. The fourth-order valence-electron chi connectivity index (χ4n) is 2.63. The Morgan fingerprint density at radius 2 is 2.33 bits per heavy atom. The Balaban J connectivity index is 1.79. The topological polar surface area (TPSA) is 62.2 Å². The Hall–Kier alpha value is -0.940. The molecule has 0 radical (unpaired) electrons. The van der Waals surface area contributed by atoms with Crippen molar-refractivity contribution >= 4 is 17.3 Å². The average molecular weight is 268 g/mol. The van der Waals surface area contributed by atoms with Gasteiger partial charge in [0, 0.05) is 17.6 Å². The van der Waals surface area contributed by atoms with Crippen LogP contribution in [0.1, 0.15) is 36.4 Å². The van der Waals surface area contributed by atoms with Gasteiger partial charge in [0.25, 0.3) is 0 Å². The Bertz CT molecular complexity index is 405. The zero-order valence-corrected chi connectivity index (χ0v) is 11.5. The molecule has 5 heteroatoms. The molecule has 18 heavy (non-hydrogen) atoms. The van der Waals surface area contributed by atoms with E-state index in [9.17, 15) is 9.90 Å². The highest BCUT2D eigenvalue weighted by Gasteiger charge is 2.30. The van der Waals surface area contributed by atoms with E-state index in [4.69, 9.17) is 0 Å². The number of nitrogens with zero attached hydrogens (tertiary/aromatic N) is 1. The van der Waals surface area contributed by atoms with Gasteiger partial charge in [0.1, 0.15) is 5.01 Å². The first kappa shape index (κ1) is 13.5. The number of aromatic nitrogens is 1. The minimum absolute atomic E-state index is 0.163. The molecule has 4 nitrogen and oxygen atoms in total. The summed E-state index contributed by atoms with van der Waals surface area (Å²) in [5.74, 6) is -0.520. The maximum atomic E-state index is 11.2. The summed E-state index contributed by atoms with van der Waals surface area (Å²) in [5, 5.41) is 15.7. The fraction of sp³-hybridized carbons (Fsp3) is 0.692. The standard InChI is InChI=1S/C13H20N2O2S/c1-9-8-18-12(15-9)7-14-6-10-4-2-3-5-11(10)13(16)17/h8,10-11,14H,2-7H2,1H3,(H,16,17). The van der Waals surface area contributed by atoms with Gasteiger partial charge in [0.05, 0.1) is 5.92 Å². The molecule has 1 aromatic rings. The number of hydrogen-bond acceptors (Lipinski definition) is 4. The van der Waals surface area contributed by atoms with Crippen molar-refractivity contribution in [2.45, 2.75) is 39.2 Å². The van der Waals surface area contributed by atoms with E-state index in [0.717, 1.165) is 49.5 Å². The van der Waals surface area contributed by atoms with E-state index in [-0.39, 0.29) is 11.8 Å². The number of thiazole rings is 1. The molecule has 0 aromatic carbocycles. The van der Waals surface area contributed by atoms with Gasteiger partial charge in [-0.1, -0.05) is 12.8 Å². The van der Waals surface area contributed by atoms with E-state index in [1.165, 1.54) is 0 Å². The predicted molar refractivity (Wildman–Crippen MR) is 71.6 cm³/mol. The smallest absolute Gasteiger partial charge is 0.306 e. The number of carboxylic acids is 1. The van der Waals surface area contributed by atoms with Crippen molar-refractivity contribution in [1.29, 1.82) is 0 Å². The highest BCUT2D eigenvalue weighted by atomic mass is 32.1. The molecular formula is C13H20N2O2S. The monoisotopic (exact) mass is 268 g/mol. The van der Waals surface area contributed by atoms with Gasteiger partial charge in [-0.2, -0.15) is 0 Å². The van der Waals surface area contributed by atoms with Crippen LogP contribution in [0.4, 0.5) is 0 Å². The third-order valence-electron chi connectivity index (χ3n) is 3.58. The van der Waals surface area contributed by atoms with Crippen LogP contribution in [0.5, 0.6) is 0 Å². The zero-order valence-electron chi connectivity index (χ0n) is 10.7. The minimum atomic E-state index is -0.633. The second-order valence-corrected chi connectivity index (χ2v) is 5.95. The lowest BCUT2D eigenvalue weighted by Crippen LogP contribution is -2.34. The van der Waals surface area contributed by atoms with E-state index in [1.807, 2.05) is 12.3 Å². The molecule has 1 aliphatic carbocycles. The van der Waals surface area contributed by atoms with E-state index in [1.54, 1.807) is 11.3 Å². The second-order valence-electron chi connectivity index (χ2n) is 5.00. The van der Waals surface area contributed by atoms with E-state index in [0.29, 0.717) is 0 Å². The van der Waals surface area contributed by atoms with Crippen LogP contribution in [0.3, 0.4) is 0 Å². The summed E-state index contributed by atoms with van der Waals surface area (Å²) < 4.78 is 0. The quantitative estimate of drug-likeness (QED) is 0.861. The molecule has 1 fully saturated rings. The molecule has 2 unspecified atom stereocenters. The predicted octanol–water partition coefficient (Wildman–Crippen LogP) is 2.43. The van der Waals surface area contributed by atoms with Crippen LogP contribution in [-0.4, -0.2) is 22.6 Å². The largest absolute Gasteiger partial charge is 0.481 e.